The highest BCUT2D eigenvalue weighted by molar-refractivity contribution is 7.90. The Labute approximate surface area is 127 Å². The third-order valence-corrected chi connectivity index (χ3v) is 4.28. The Bertz CT molecular complexity index is 766. The van der Waals surface area contributed by atoms with Crippen molar-refractivity contribution in [1.82, 2.24) is 9.97 Å². The third-order valence-electron chi connectivity index (χ3n) is 3.17. The van der Waals surface area contributed by atoms with Crippen LogP contribution in [0, 0.1) is 0 Å². The molecule has 120 valence electrons. The van der Waals surface area contributed by atoms with Crippen LogP contribution in [0.15, 0.2) is 29.4 Å². The number of halogens is 2. The maximum atomic E-state index is 12.8. The van der Waals surface area contributed by atoms with Crippen LogP contribution in [0.2, 0.25) is 0 Å². The molecule has 5 nitrogen and oxygen atoms in total. The normalized spacial score (nSPS) is 12.0. The lowest BCUT2D eigenvalue weighted by Gasteiger charge is -2.23. The molecular formula is C14H17F2N3O2S. The molecule has 0 radical (unpaired) electrons. The fourth-order valence-corrected chi connectivity index (χ4v) is 2.87. The van der Waals surface area contributed by atoms with Gasteiger partial charge in [-0.25, -0.2) is 27.2 Å². The Hall–Kier alpha value is -1.83. The van der Waals surface area contributed by atoms with Crippen molar-refractivity contribution in [3.05, 3.63) is 24.5 Å². The molecule has 2 aromatic rings. The summed E-state index contributed by atoms with van der Waals surface area (Å²) in [6.07, 6.45) is 0.561. The standard InChI is InChI=1S/C14H17F2N3O2S/c1-3-6-19(8-13(15)16)14-11-7-10(22(2,20)21)4-5-12(11)17-9-18-14/h4-5,7,9,13H,3,6,8H2,1-2H3. The monoisotopic (exact) mass is 329 g/mol. The Morgan fingerprint density at radius 1 is 1.27 bits per heavy atom. The highest BCUT2D eigenvalue weighted by Gasteiger charge is 2.18. The van der Waals surface area contributed by atoms with Crippen LogP contribution in [0.3, 0.4) is 0 Å². The van der Waals surface area contributed by atoms with Crippen molar-refractivity contribution in [2.24, 2.45) is 0 Å². The van der Waals surface area contributed by atoms with Gasteiger partial charge in [0, 0.05) is 18.2 Å². The summed E-state index contributed by atoms with van der Waals surface area (Å²) in [5.74, 6) is 0.331. The van der Waals surface area contributed by atoms with E-state index in [2.05, 4.69) is 9.97 Å². The van der Waals surface area contributed by atoms with Crippen molar-refractivity contribution >= 4 is 26.6 Å². The molecule has 0 saturated carbocycles. The number of alkyl halides is 2. The van der Waals surface area contributed by atoms with E-state index in [0.717, 1.165) is 6.26 Å². The molecule has 0 saturated heterocycles. The van der Waals surface area contributed by atoms with Crippen LogP contribution < -0.4 is 4.90 Å². The van der Waals surface area contributed by atoms with Crippen LogP contribution in [-0.4, -0.2) is 44.2 Å². The first kappa shape index (κ1) is 16.5. The molecule has 0 spiro atoms. The molecular weight excluding hydrogens is 312 g/mol. The minimum absolute atomic E-state index is 0.115. The zero-order valence-corrected chi connectivity index (χ0v) is 13.1. The molecule has 1 aromatic heterocycles. The molecule has 0 bridgehead atoms. The number of hydrogen-bond acceptors (Lipinski definition) is 5. The maximum Gasteiger partial charge on any atom is 0.255 e. The third kappa shape index (κ3) is 3.68. The molecule has 0 N–H and O–H groups in total. The molecule has 1 heterocycles. The fourth-order valence-electron chi connectivity index (χ4n) is 2.22. The summed E-state index contributed by atoms with van der Waals surface area (Å²) in [4.78, 5) is 9.73. The number of nitrogens with zero attached hydrogens (tertiary/aromatic N) is 3. The quantitative estimate of drug-likeness (QED) is 0.815. The van der Waals surface area contributed by atoms with Crippen LogP contribution in [0.1, 0.15) is 13.3 Å². The van der Waals surface area contributed by atoms with Crippen molar-refractivity contribution in [2.75, 3.05) is 24.2 Å². The van der Waals surface area contributed by atoms with E-state index in [4.69, 9.17) is 0 Å². The van der Waals surface area contributed by atoms with Gasteiger partial charge in [-0.1, -0.05) is 6.92 Å². The van der Waals surface area contributed by atoms with Crippen LogP contribution in [0.4, 0.5) is 14.6 Å². The molecule has 0 atom stereocenters. The van der Waals surface area contributed by atoms with Crippen molar-refractivity contribution in [1.29, 1.82) is 0 Å². The van der Waals surface area contributed by atoms with E-state index in [0.29, 0.717) is 29.7 Å². The predicted octanol–water partition coefficient (Wildman–Crippen LogP) is 2.51. The Kier molecular flexibility index (Phi) is 4.90. The van der Waals surface area contributed by atoms with E-state index in [1.807, 2.05) is 6.92 Å². The molecule has 2 rings (SSSR count). The zero-order chi connectivity index (χ0) is 16.3. The smallest absolute Gasteiger partial charge is 0.255 e. The summed E-state index contributed by atoms with van der Waals surface area (Å²) < 4.78 is 48.9. The lowest BCUT2D eigenvalue weighted by molar-refractivity contribution is 0.154. The number of rotatable bonds is 6. The van der Waals surface area contributed by atoms with E-state index in [-0.39, 0.29) is 4.90 Å². The fraction of sp³-hybridized carbons (Fsp3) is 0.429. The second kappa shape index (κ2) is 6.51. The van der Waals surface area contributed by atoms with Crippen molar-refractivity contribution in [3.63, 3.8) is 0 Å². The van der Waals surface area contributed by atoms with E-state index < -0.39 is 22.8 Å². The summed E-state index contributed by atoms with van der Waals surface area (Å²) in [5, 5.41) is 0.458. The second-order valence-corrected chi connectivity index (χ2v) is 7.00. The molecule has 0 aliphatic heterocycles. The number of aromatic nitrogens is 2. The predicted molar refractivity (Wildman–Crippen MR) is 81.2 cm³/mol. The van der Waals surface area contributed by atoms with Crippen molar-refractivity contribution in [2.45, 2.75) is 24.7 Å². The molecule has 0 aliphatic rings. The van der Waals surface area contributed by atoms with Crippen LogP contribution in [0.5, 0.6) is 0 Å². The maximum absolute atomic E-state index is 12.8. The molecule has 1 aromatic carbocycles. The van der Waals surface area contributed by atoms with E-state index in [9.17, 15) is 17.2 Å². The first-order valence-electron chi connectivity index (χ1n) is 6.81. The number of benzene rings is 1. The van der Waals surface area contributed by atoms with Crippen molar-refractivity contribution in [3.8, 4) is 0 Å². The lowest BCUT2D eigenvalue weighted by Crippen LogP contribution is -2.30. The largest absolute Gasteiger partial charge is 0.350 e. The number of sulfone groups is 1. The number of fused-ring (bicyclic) bond motifs is 1. The highest BCUT2D eigenvalue weighted by Crippen LogP contribution is 2.26. The van der Waals surface area contributed by atoms with Gasteiger partial charge in [-0.05, 0) is 24.6 Å². The van der Waals surface area contributed by atoms with Gasteiger partial charge in [0.1, 0.15) is 12.1 Å². The topological polar surface area (TPSA) is 63.2 Å². The summed E-state index contributed by atoms with van der Waals surface area (Å²) in [6, 6.07) is 4.45. The van der Waals surface area contributed by atoms with E-state index in [1.54, 1.807) is 6.07 Å². The minimum atomic E-state index is -3.39. The van der Waals surface area contributed by atoms with E-state index in [1.165, 1.54) is 23.4 Å². The molecule has 0 amide bonds. The lowest BCUT2D eigenvalue weighted by atomic mass is 10.2. The van der Waals surface area contributed by atoms with Crippen molar-refractivity contribution < 1.29 is 17.2 Å². The summed E-state index contributed by atoms with van der Waals surface area (Å²) in [6.45, 7) is 1.83. The van der Waals surface area contributed by atoms with Gasteiger partial charge >= 0.3 is 0 Å². The average molecular weight is 329 g/mol. The van der Waals surface area contributed by atoms with Gasteiger partial charge in [-0.3, -0.25) is 0 Å². The number of anilines is 1. The summed E-state index contributed by atoms with van der Waals surface area (Å²) in [7, 11) is -3.39. The van der Waals surface area contributed by atoms with E-state index >= 15 is 0 Å². The Morgan fingerprint density at radius 3 is 2.59 bits per heavy atom. The average Bonchev–Trinajstić information content (AvgIpc) is 2.44. The molecule has 0 fully saturated rings. The summed E-state index contributed by atoms with van der Waals surface area (Å²) >= 11 is 0. The molecule has 0 aliphatic carbocycles. The van der Waals surface area contributed by atoms with Crippen LogP contribution >= 0.6 is 0 Å². The molecule has 0 unspecified atom stereocenters. The van der Waals surface area contributed by atoms with Gasteiger partial charge in [0.05, 0.1) is 17.0 Å². The van der Waals surface area contributed by atoms with Crippen LogP contribution in [0.25, 0.3) is 10.9 Å². The molecule has 8 heteroatoms. The van der Waals surface area contributed by atoms with Crippen LogP contribution in [-0.2, 0) is 9.84 Å². The van der Waals surface area contributed by atoms with Gasteiger partial charge in [0.15, 0.2) is 9.84 Å². The second-order valence-electron chi connectivity index (χ2n) is 4.99. The Balaban J connectivity index is 2.60. The van der Waals surface area contributed by atoms with Gasteiger partial charge in [-0.2, -0.15) is 0 Å². The van der Waals surface area contributed by atoms with Gasteiger partial charge in [-0.15, -0.1) is 0 Å². The first-order chi connectivity index (χ1) is 10.3. The highest BCUT2D eigenvalue weighted by atomic mass is 32.2. The zero-order valence-electron chi connectivity index (χ0n) is 12.3. The van der Waals surface area contributed by atoms with Gasteiger partial charge in [0.25, 0.3) is 6.43 Å². The minimum Gasteiger partial charge on any atom is -0.350 e. The summed E-state index contributed by atoms with van der Waals surface area (Å²) in [5.41, 5.74) is 0.521. The SMILES string of the molecule is CCCN(CC(F)F)c1ncnc2ccc(S(C)(=O)=O)cc12. The molecule has 22 heavy (non-hydrogen) atoms. The van der Waals surface area contributed by atoms with Gasteiger partial charge < -0.3 is 4.90 Å². The first-order valence-corrected chi connectivity index (χ1v) is 8.70. The van der Waals surface area contributed by atoms with Gasteiger partial charge in [0.2, 0.25) is 0 Å². The number of hydrogen-bond donors (Lipinski definition) is 0. The Morgan fingerprint density at radius 2 is 2.00 bits per heavy atom.